The summed E-state index contributed by atoms with van der Waals surface area (Å²) in [5, 5.41) is 0. The molecule has 0 aliphatic rings. The van der Waals surface area contributed by atoms with Crippen LogP contribution in [-0.4, -0.2) is 8.42 Å². The molecule has 2 aromatic rings. The van der Waals surface area contributed by atoms with Gasteiger partial charge in [0.25, 0.3) is 0 Å². The summed E-state index contributed by atoms with van der Waals surface area (Å²) in [6.07, 6.45) is 0. The average molecular weight is 331 g/mol. The first-order valence-corrected chi connectivity index (χ1v) is 9.35. The fraction of sp³-hybridized carbons (Fsp3) is 0.368. The largest absolute Gasteiger partial charge is 0.241 e. The van der Waals surface area contributed by atoms with E-state index in [0.29, 0.717) is 17.4 Å². The first-order chi connectivity index (χ1) is 10.7. The minimum atomic E-state index is -3.51. The second-order valence-electron chi connectivity index (χ2n) is 6.45. The third-order valence-corrected chi connectivity index (χ3v) is 5.69. The summed E-state index contributed by atoms with van der Waals surface area (Å²) in [6.45, 7) is 10.2. The molecule has 3 nitrogen and oxygen atoms in total. The number of hydrogen-bond acceptors (Lipinski definition) is 2. The van der Waals surface area contributed by atoms with Gasteiger partial charge in [-0.05, 0) is 48.9 Å². The minimum Gasteiger partial charge on any atom is -0.207 e. The van der Waals surface area contributed by atoms with Crippen molar-refractivity contribution in [2.75, 3.05) is 0 Å². The molecular weight excluding hydrogens is 306 g/mol. The highest BCUT2D eigenvalue weighted by atomic mass is 32.2. The average Bonchev–Trinajstić information content (AvgIpc) is 2.44. The Labute approximate surface area is 139 Å². The number of benzene rings is 2. The van der Waals surface area contributed by atoms with E-state index in [-0.39, 0.29) is 0 Å². The van der Waals surface area contributed by atoms with Crippen LogP contribution in [0.1, 0.15) is 47.6 Å². The zero-order chi connectivity index (χ0) is 17.2. The molecule has 2 rings (SSSR count). The van der Waals surface area contributed by atoms with Crippen molar-refractivity contribution in [1.29, 1.82) is 0 Å². The van der Waals surface area contributed by atoms with Crippen molar-refractivity contribution >= 4 is 10.0 Å². The molecule has 0 amide bonds. The minimum absolute atomic E-state index is 0.299. The summed E-state index contributed by atoms with van der Waals surface area (Å²) in [6, 6.07) is 11.9. The highest BCUT2D eigenvalue weighted by Crippen LogP contribution is 2.22. The molecule has 0 saturated heterocycles. The number of sulfonamides is 1. The van der Waals surface area contributed by atoms with Crippen molar-refractivity contribution in [3.63, 3.8) is 0 Å². The van der Waals surface area contributed by atoms with Gasteiger partial charge >= 0.3 is 0 Å². The van der Waals surface area contributed by atoms with E-state index in [1.165, 1.54) is 5.56 Å². The standard InChI is InChI=1S/C19H25NO2S/c1-13(2)18-8-6-17(7-9-18)12-20-23(21,22)19-15(4)10-14(3)11-16(19)5/h6-11,13,20H,12H2,1-5H3. The van der Waals surface area contributed by atoms with Gasteiger partial charge in [0.15, 0.2) is 0 Å². The van der Waals surface area contributed by atoms with E-state index in [1.807, 2.05) is 45.0 Å². The van der Waals surface area contributed by atoms with Crippen LogP contribution in [0.5, 0.6) is 0 Å². The van der Waals surface area contributed by atoms with E-state index in [9.17, 15) is 8.42 Å². The van der Waals surface area contributed by atoms with Crippen molar-refractivity contribution in [3.8, 4) is 0 Å². The predicted octanol–water partition coefficient (Wildman–Crippen LogP) is 4.21. The van der Waals surface area contributed by atoms with Crippen LogP contribution in [0.25, 0.3) is 0 Å². The number of nitrogens with one attached hydrogen (secondary N) is 1. The van der Waals surface area contributed by atoms with E-state index >= 15 is 0 Å². The summed E-state index contributed by atoms with van der Waals surface area (Å²) in [7, 11) is -3.51. The van der Waals surface area contributed by atoms with Gasteiger partial charge in [-0.3, -0.25) is 0 Å². The monoisotopic (exact) mass is 331 g/mol. The molecule has 0 fully saturated rings. The Morgan fingerprint density at radius 2 is 1.48 bits per heavy atom. The maximum absolute atomic E-state index is 12.6. The van der Waals surface area contributed by atoms with Crippen LogP contribution < -0.4 is 4.72 Å². The van der Waals surface area contributed by atoms with Crippen LogP contribution in [0.2, 0.25) is 0 Å². The van der Waals surface area contributed by atoms with E-state index in [0.717, 1.165) is 22.3 Å². The molecule has 0 aromatic heterocycles. The maximum Gasteiger partial charge on any atom is 0.241 e. The quantitative estimate of drug-likeness (QED) is 0.892. The Kier molecular flexibility index (Phi) is 5.27. The Morgan fingerprint density at radius 1 is 0.957 bits per heavy atom. The van der Waals surface area contributed by atoms with Gasteiger partial charge in [0.05, 0.1) is 4.90 Å². The Morgan fingerprint density at radius 3 is 1.96 bits per heavy atom. The third kappa shape index (κ3) is 4.21. The molecule has 0 atom stereocenters. The molecule has 0 aliphatic heterocycles. The molecule has 0 unspecified atom stereocenters. The summed E-state index contributed by atoms with van der Waals surface area (Å²) >= 11 is 0. The van der Waals surface area contributed by atoms with Crippen molar-refractivity contribution in [2.24, 2.45) is 0 Å². The first-order valence-electron chi connectivity index (χ1n) is 7.87. The molecule has 0 aliphatic carbocycles. The van der Waals surface area contributed by atoms with Crippen LogP contribution in [0.15, 0.2) is 41.3 Å². The smallest absolute Gasteiger partial charge is 0.207 e. The van der Waals surface area contributed by atoms with Crippen LogP contribution in [0.3, 0.4) is 0 Å². The van der Waals surface area contributed by atoms with Gasteiger partial charge in [0.2, 0.25) is 10.0 Å². The van der Waals surface area contributed by atoms with Crippen LogP contribution >= 0.6 is 0 Å². The van der Waals surface area contributed by atoms with Crippen molar-refractivity contribution in [3.05, 3.63) is 64.2 Å². The maximum atomic E-state index is 12.6. The molecule has 0 saturated carbocycles. The SMILES string of the molecule is Cc1cc(C)c(S(=O)(=O)NCc2ccc(C(C)C)cc2)c(C)c1. The second-order valence-corrected chi connectivity index (χ2v) is 8.15. The second kappa shape index (κ2) is 6.85. The van der Waals surface area contributed by atoms with Gasteiger partial charge in [-0.1, -0.05) is 55.8 Å². The lowest BCUT2D eigenvalue weighted by atomic mass is 10.0. The predicted molar refractivity (Wildman–Crippen MR) is 95.2 cm³/mol. The van der Waals surface area contributed by atoms with Gasteiger partial charge in [0.1, 0.15) is 0 Å². The van der Waals surface area contributed by atoms with E-state index in [2.05, 4.69) is 30.7 Å². The highest BCUT2D eigenvalue weighted by molar-refractivity contribution is 7.89. The molecule has 0 radical (unpaired) electrons. The van der Waals surface area contributed by atoms with E-state index < -0.39 is 10.0 Å². The first kappa shape index (κ1) is 17.7. The zero-order valence-electron chi connectivity index (χ0n) is 14.5. The molecular formula is C19H25NO2S. The van der Waals surface area contributed by atoms with Crippen molar-refractivity contribution < 1.29 is 8.42 Å². The molecule has 2 aromatic carbocycles. The Hall–Kier alpha value is -1.65. The lowest BCUT2D eigenvalue weighted by Crippen LogP contribution is -2.25. The summed E-state index contributed by atoms with van der Waals surface area (Å²) in [5.74, 6) is 0.471. The van der Waals surface area contributed by atoms with E-state index in [1.54, 1.807) is 0 Å². The normalized spacial score (nSPS) is 11.9. The fourth-order valence-corrected chi connectivity index (χ4v) is 4.33. The Balaban J connectivity index is 2.19. The van der Waals surface area contributed by atoms with E-state index in [4.69, 9.17) is 0 Å². The van der Waals surface area contributed by atoms with Crippen LogP contribution in [0, 0.1) is 20.8 Å². The van der Waals surface area contributed by atoms with Crippen molar-refractivity contribution in [2.45, 2.75) is 52.0 Å². The number of aryl methyl sites for hydroxylation is 3. The molecule has 0 bridgehead atoms. The van der Waals surface area contributed by atoms with Gasteiger partial charge in [-0.15, -0.1) is 0 Å². The molecule has 4 heteroatoms. The van der Waals surface area contributed by atoms with Crippen molar-refractivity contribution in [1.82, 2.24) is 4.72 Å². The summed E-state index contributed by atoms with van der Waals surface area (Å²) in [5.41, 5.74) is 4.85. The molecule has 0 spiro atoms. The van der Waals surface area contributed by atoms with Gasteiger partial charge in [0, 0.05) is 6.54 Å². The molecule has 124 valence electrons. The topological polar surface area (TPSA) is 46.2 Å². The lowest BCUT2D eigenvalue weighted by Gasteiger charge is -2.13. The molecule has 1 N–H and O–H groups in total. The van der Waals surface area contributed by atoms with Gasteiger partial charge < -0.3 is 0 Å². The molecule has 0 heterocycles. The number of rotatable bonds is 5. The Bertz CT molecular complexity index is 768. The zero-order valence-corrected chi connectivity index (χ0v) is 15.3. The molecule has 23 heavy (non-hydrogen) atoms. The summed E-state index contributed by atoms with van der Waals surface area (Å²) in [4.78, 5) is 0.391. The highest BCUT2D eigenvalue weighted by Gasteiger charge is 2.19. The van der Waals surface area contributed by atoms with Crippen LogP contribution in [0.4, 0.5) is 0 Å². The van der Waals surface area contributed by atoms with Gasteiger partial charge in [-0.2, -0.15) is 0 Å². The van der Waals surface area contributed by atoms with Gasteiger partial charge in [-0.25, -0.2) is 13.1 Å². The third-order valence-electron chi connectivity index (χ3n) is 3.99. The number of hydrogen-bond donors (Lipinski definition) is 1. The fourth-order valence-electron chi connectivity index (χ4n) is 2.86. The summed E-state index contributed by atoms with van der Waals surface area (Å²) < 4.78 is 28.0. The lowest BCUT2D eigenvalue weighted by molar-refractivity contribution is 0.580. The van der Waals surface area contributed by atoms with Crippen LogP contribution in [-0.2, 0) is 16.6 Å².